The molecule has 5 heteroatoms. The maximum atomic E-state index is 13.0. The van der Waals surface area contributed by atoms with Gasteiger partial charge in [-0.1, -0.05) is 38.1 Å². The highest BCUT2D eigenvalue weighted by Gasteiger charge is 2.26. The molecule has 1 aliphatic rings. The van der Waals surface area contributed by atoms with Crippen LogP contribution in [0.4, 0.5) is 5.69 Å². The molecule has 0 radical (unpaired) electrons. The van der Waals surface area contributed by atoms with Crippen LogP contribution < -0.4 is 10.1 Å². The normalized spacial score (nSPS) is 18.7. The smallest absolute Gasteiger partial charge is 0.253 e. The number of carbonyl (C=O) groups is 2. The standard InChI is InChI=1S/C25H32N2O3/c1-18-14-19(2)17-27(16-18)25(29)21-12-11-20(3)23(15-21)26-24(28)10-7-13-30-22-8-5-4-6-9-22/h4-6,8-9,11-12,15,18-19H,7,10,13-14,16-17H2,1-3H3,(H,26,28). The fraction of sp³-hybridized carbons (Fsp3) is 0.440. The van der Waals surface area contributed by atoms with E-state index in [1.807, 2.05) is 54.3 Å². The van der Waals surface area contributed by atoms with E-state index in [-0.39, 0.29) is 11.8 Å². The summed E-state index contributed by atoms with van der Waals surface area (Å²) in [5, 5.41) is 2.96. The molecule has 3 rings (SSSR count). The van der Waals surface area contributed by atoms with Crippen molar-refractivity contribution in [3.63, 3.8) is 0 Å². The molecule has 2 unspecified atom stereocenters. The van der Waals surface area contributed by atoms with E-state index in [9.17, 15) is 9.59 Å². The molecule has 1 saturated heterocycles. The molecule has 2 aromatic rings. The second kappa shape index (κ2) is 10.3. The second-order valence-electron chi connectivity index (χ2n) is 8.50. The summed E-state index contributed by atoms with van der Waals surface area (Å²) in [6.07, 6.45) is 2.15. The number of carbonyl (C=O) groups excluding carboxylic acids is 2. The average molecular weight is 409 g/mol. The van der Waals surface area contributed by atoms with Crippen LogP contribution in [-0.4, -0.2) is 36.4 Å². The van der Waals surface area contributed by atoms with Crippen LogP contribution in [0.25, 0.3) is 0 Å². The van der Waals surface area contributed by atoms with Crippen LogP contribution >= 0.6 is 0 Å². The topological polar surface area (TPSA) is 58.6 Å². The predicted octanol–water partition coefficient (Wildman–Crippen LogP) is 4.91. The van der Waals surface area contributed by atoms with Gasteiger partial charge in [-0.15, -0.1) is 0 Å². The number of nitrogens with one attached hydrogen (secondary N) is 1. The molecule has 0 saturated carbocycles. The van der Waals surface area contributed by atoms with Crippen molar-refractivity contribution < 1.29 is 14.3 Å². The number of nitrogens with zero attached hydrogens (tertiary/aromatic N) is 1. The number of amides is 2. The van der Waals surface area contributed by atoms with Gasteiger partial charge in [0.05, 0.1) is 6.61 Å². The van der Waals surface area contributed by atoms with Gasteiger partial charge in [0, 0.05) is 30.8 Å². The third-order valence-corrected chi connectivity index (χ3v) is 5.47. The quantitative estimate of drug-likeness (QED) is 0.662. The van der Waals surface area contributed by atoms with Crippen molar-refractivity contribution in [1.29, 1.82) is 0 Å². The molecule has 160 valence electrons. The van der Waals surface area contributed by atoms with Gasteiger partial charge in [0.15, 0.2) is 0 Å². The fourth-order valence-corrected chi connectivity index (χ4v) is 4.05. The van der Waals surface area contributed by atoms with Gasteiger partial charge in [0.1, 0.15) is 5.75 Å². The highest BCUT2D eigenvalue weighted by Crippen LogP contribution is 2.24. The molecule has 2 aromatic carbocycles. The lowest BCUT2D eigenvalue weighted by atomic mass is 9.91. The molecule has 2 atom stereocenters. The van der Waals surface area contributed by atoms with Crippen LogP contribution in [0.1, 0.15) is 49.0 Å². The summed E-state index contributed by atoms with van der Waals surface area (Å²) in [5.41, 5.74) is 2.28. The minimum Gasteiger partial charge on any atom is -0.494 e. The fourth-order valence-electron chi connectivity index (χ4n) is 4.05. The third kappa shape index (κ3) is 6.09. The summed E-state index contributed by atoms with van der Waals surface area (Å²) in [5.74, 6) is 1.81. The van der Waals surface area contributed by atoms with Crippen molar-refractivity contribution in [2.75, 3.05) is 25.0 Å². The number of para-hydroxylation sites is 1. The largest absolute Gasteiger partial charge is 0.494 e. The van der Waals surface area contributed by atoms with Crippen molar-refractivity contribution in [3.05, 3.63) is 59.7 Å². The number of hydrogen-bond donors (Lipinski definition) is 1. The average Bonchev–Trinajstić information content (AvgIpc) is 2.72. The summed E-state index contributed by atoms with van der Waals surface area (Å²) >= 11 is 0. The number of piperidine rings is 1. The number of rotatable bonds is 7. The zero-order valence-electron chi connectivity index (χ0n) is 18.2. The van der Waals surface area contributed by atoms with Crippen molar-refractivity contribution in [2.45, 2.75) is 40.0 Å². The molecule has 5 nitrogen and oxygen atoms in total. The van der Waals surface area contributed by atoms with Crippen molar-refractivity contribution in [2.24, 2.45) is 11.8 Å². The van der Waals surface area contributed by atoms with Gasteiger partial charge in [0.2, 0.25) is 5.91 Å². The van der Waals surface area contributed by atoms with Crippen LogP contribution in [0, 0.1) is 18.8 Å². The molecule has 2 amide bonds. The predicted molar refractivity (Wildman–Crippen MR) is 120 cm³/mol. The molecule has 0 spiro atoms. The zero-order chi connectivity index (χ0) is 21.5. The Labute approximate surface area is 179 Å². The highest BCUT2D eigenvalue weighted by molar-refractivity contribution is 5.97. The molecule has 1 heterocycles. The van der Waals surface area contributed by atoms with Crippen LogP contribution in [0.5, 0.6) is 5.75 Å². The Morgan fingerprint density at radius 3 is 2.47 bits per heavy atom. The first-order chi connectivity index (χ1) is 14.4. The highest BCUT2D eigenvalue weighted by atomic mass is 16.5. The Bertz CT molecular complexity index is 856. The number of anilines is 1. The number of ether oxygens (including phenoxy) is 1. The van der Waals surface area contributed by atoms with E-state index >= 15 is 0 Å². The SMILES string of the molecule is Cc1ccc(C(=O)N2CC(C)CC(C)C2)cc1NC(=O)CCCOc1ccccc1. The molecule has 0 bridgehead atoms. The van der Waals surface area contributed by atoms with Gasteiger partial charge >= 0.3 is 0 Å². The van der Waals surface area contributed by atoms with Gasteiger partial charge in [-0.2, -0.15) is 0 Å². The first-order valence-corrected chi connectivity index (χ1v) is 10.8. The van der Waals surface area contributed by atoms with Gasteiger partial charge in [-0.05, 0) is 61.4 Å². The van der Waals surface area contributed by atoms with Gasteiger partial charge < -0.3 is 15.0 Å². The second-order valence-corrected chi connectivity index (χ2v) is 8.50. The first-order valence-electron chi connectivity index (χ1n) is 10.8. The van der Waals surface area contributed by atoms with E-state index < -0.39 is 0 Å². The van der Waals surface area contributed by atoms with Crippen LogP contribution in [0.2, 0.25) is 0 Å². The summed E-state index contributed by atoms with van der Waals surface area (Å²) in [6, 6.07) is 15.1. The third-order valence-electron chi connectivity index (χ3n) is 5.47. The minimum absolute atomic E-state index is 0.0418. The molecule has 1 aliphatic heterocycles. The molecule has 1 N–H and O–H groups in total. The van der Waals surface area contributed by atoms with Crippen LogP contribution in [0.3, 0.4) is 0 Å². The van der Waals surface area contributed by atoms with Gasteiger partial charge in [-0.25, -0.2) is 0 Å². The summed E-state index contributed by atoms with van der Waals surface area (Å²) in [7, 11) is 0. The maximum absolute atomic E-state index is 13.0. The molecule has 0 aromatic heterocycles. The summed E-state index contributed by atoms with van der Waals surface area (Å²) in [6.45, 7) is 8.39. The Kier molecular flexibility index (Phi) is 7.50. The van der Waals surface area contributed by atoms with E-state index in [1.165, 1.54) is 0 Å². The van der Waals surface area contributed by atoms with E-state index in [0.717, 1.165) is 30.8 Å². The lowest BCUT2D eigenvalue weighted by Gasteiger charge is -2.35. The monoisotopic (exact) mass is 408 g/mol. The number of benzene rings is 2. The van der Waals surface area contributed by atoms with E-state index in [4.69, 9.17) is 4.74 Å². The molecule has 1 fully saturated rings. The summed E-state index contributed by atoms with van der Waals surface area (Å²) in [4.78, 5) is 27.3. The van der Waals surface area contributed by atoms with E-state index in [0.29, 0.717) is 42.5 Å². The molecular formula is C25H32N2O3. The van der Waals surface area contributed by atoms with Crippen LogP contribution in [0.15, 0.2) is 48.5 Å². The van der Waals surface area contributed by atoms with Gasteiger partial charge in [0.25, 0.3) is 5.91 Å². The lowest BCUT2D eigenvalue weighted by molar-refractivity contribution is -0.116. The van der Waals surface area contributed by atoms with E-state index in [1.54, 1.807) is 6.07 Å². The van der Waals surface area contributed by atoms with Crippen molar-refractivity contribution >= 4 is 17.5 Å². The van der Waals surface area contributed by atoms with Crippen molar-refractivity contribution in [1.82, 2.24) is 4.90 Å². The Hall–Kier alpha value is -2.82. The van der Waals surface area contributed by atoms with Crippen molar-refractivity contribution in [3.8, 4) is 5.75 Å². The maximum Gasteiger partial charge on any atom is 0.253 e. The molecule has 30 heavy (non-hydrogen) atoms. The zero-order valence-corrected chi connectivity index (χ0v) is 18.2. The number of aryl methyl sites for hydroxylation is 1. The molecular weight excluding hydrogens is 376 g/mol. The Morgan fingerprint density at radius 2 is 1.77 bits per heavy atom. The Balaban J connectivity index is 1.54. The number of hydrogen-bond acceptors (Lipinski definition) is 3. The minimum atomic E-state index is -0.0698. The number of likely N-dealkylation sites (tertiary alicyclic amines) is 1. The summed E-state index contributed by atoms with van der Waals surface area (Å²) < 4.78 is 5.64. The molecule has 0 aliphatic carbocycles. The van der Waals surface area contributed by atoms with E-state index in [2.05, 4.69) is 19.2 Å². The first kappa shape index (κ1) is 21.9. The Morgan fingerprint density at radius 1 is 1.07 bits per heavy atom. The van der Waals surface area contributed by atoms with Gasteiger partial charge in [-0.3, -0.25) is 9.59 Å². The van der Waals surface area contributed by atoms with Crippen LogP contribution in [-0.2, 0) is 4.79 Å². The lowest BCUT2D eigenvalue weighted by Crippen LogP contribution is -2.42.